The summed E-state index contributed by atoms with van der Waals surface area (Å²) in [6.07, 6.45) is -0.361. The number of benzene rings is 1. The van der Waals surface area contributed by atoms with Crippen molar-refractivity contribution >= 4 is 19.4 Å². The van der Waals surface area contributed by atoms with Crippen molar-refractivity contribution in [1.82, 2.24) is 5.23 Å². The second kappa shape index (κ2) is 6.67. The summed E-state index contributed by atoms with van der Waals surface area (Å²) in [5, 5.41) is 21.3. The Balaban J connectivity index is 2.07. The van der Waals surface area contributed by atoms with Crippen molar-refractivity contribution in [3.05, 3.63) is 35.0 Å². The molecule has 2 rings (SSSR count). The zero-order chi connectivity index (χ0) is 15.5. The van der Waals surface area contributed by atoms with Crippen molar-refractivity contribution in [1.29, 1.82) is 0 Å². The van der Waals surface area contributed by atoms with E-state index in [1.807, 2.05) is 0 Å². The first-order valence-electron chi connectivity index (χ1n) is 6.80. The first kappa shape index (κ1) is 16.8. The Morgan fingerprint density at radius 3 is 2.48 bits per heavy atom. The number of alkyl halides is 3. The first-order valence-corrected chi connectivity index (χ1v) is 8.87. The van der Waals surface area contributed by atoms with Crippen molar-refractivity contribution < 1.29 is 18.4 Å². The monoisotopic (exact) mass is 368 g/mol. The third-order valence-corrected chi connectivity index (χ3v) is 6.52. The molecule has 0 aliphatic heterocycles. The standard InChI is InChI=1S/C14H17F3NO2Se/c15-14(16,17)11-5-4-6-12(9-11)21-10-13(18(19)20)7-2-1-3-8-13/h4-6,9,19H,1-3,7-8,10H2/q-1. The van der Waals surface area contributed by atoms with Gasteiger partial charge in [-0.05, 0) is 0 Å². The second-order valence-corrected chi connectivity index (χ2v) is 7.57. The Morgan fingerprint density at radius 2 is 1.90 bits per heavy atom. The van der Waals surface area contributed by atoms with Gasteiger partial charge in [-0.25, -0.2) is 0 Å². The molecule has 1 N–H and O–H groups in total. The predicted octanol–water partition coefficient (Wildman–Crippen LogP) is 3.35. The Morgan fingerprint density at radius 1 is 1.24 bits per heavy atom. The fraction of sp³-hybridized carbons (Fsp3) is 0.571. The van der Waals surface area contributed by atoms with Gasteiger partial charge >= 0.3 is 127 Å². The number of hydroxylamine groups is 2. The molecule has 0 heterocycles. The third-order valence-electron chi connectivity index (χ3n) is 3.86. The number of nitrogens with zero attached hydrogens (tertiary/aromatic N) is 1. The van der Waals surface area contributed by atoms with Gasteiger partial charge in [0, 0.05) is 0 Å². The molecular formula is C14H17F3NO2Se-. The fourth-order valence-electron chi connectivity index (χ4n) is 2.58. The maximum absolute atomic E-state index is 12.7. The van der Waals surface area contributed by atoms with Gasteiger partial charge in [0.1, 0.15) is 0 Å². The zero-order valence-corrected chi connectivity index (χ0v) is 13.1. The molecule has 1 aromatic carbocycles. The van der Waals surface area contributed by atoms with Gasteiger partial charge in [0.25, 0.3) is 0 Å². The molecule has 0 radical (unpaired) electrons. The van der Waals surface area contributed by atoms with E-state index in [-0.39, 0.29) is 20.2 Å². The van der Waals surface area contributed by atoms with Crippen LogP contribution in [0, 0.1) is 5.21 Å². The third kappa shape index (κ3) is 4.20. The Bertz CT molecular complexity index is 474. The number of hydrogen-bond donors (Lipinski definition) is 1. The van der Waals surface area contributed by atoms with Gasteiger partial charge in [-0.1, -0.05) is 0 Å². The van der Waals surface area contributed by atoms with Crippen molar-refractivity contribution in [2.45, 2.75) is 49.1 Å². The van der Waals surface area contributed by atoms with E-state index in [1.165, 1.54) is 6.07 Å². The van der Waals surface area contributed by atoms with Crippen LogP contribution in [0.3, 0.4) is 0 Å². The van der Waals surface area contributed by atoms with Crippen LogP contribution in [-0.4, -0.2) is 30.9 Å². The normalized spacial score (nSPS) is 19.0. The number of halogens is 3. The van der Waals surface area contributed by atoms with E-state index >= 15 is 0 Å². The molecule has 7 heteroatoms. The summed E-state index contributed by atoms with van der Waals surface area (Å²) in [4.78, 5) is 0. The fourth-order valence-corrected chi connectivity index (χ4v) is 5.14. The molecule has 1 aliphatic rings. The van der Waals surface area contributed by atoms with Gasteiger partial charge in [0.15, 0.2) is 0 Å². The molecule has 0 saturated heterocycles. The zero-order valence-electron chi connectivity index (χ0n) is 11.4. The molecule has 0 unspecified atom stereocenters. The molecule has 21 heavy (non-hydrogen) atoms. The minimum atomic E-state index is -4.35. The average Bonchev–Trinajstić information content (AvgIpc) is 2.45. The summed E-state index contributed by atoms with van der Waals surface area (Å²) in [5.41, 5.74) is -1.48. The molecule has 0 atom stereocenters. The van der Waals surface area contributed by atoms with E-state index in [9.17, 15) is 23.6 Å². The van der Waals surface area contributed by atoms with Crippen molar-refractivity contribution in [3.63, 3.8) is 0 Å². The maximum atomic E-state index is 12.7. The summed E-state index contributed by atoms with van der Waals surface area (Å²) in [6.45, 7) is 0. The van der Waals surface area contributed by atoms with Gasteiger partial charge < -0.3 is 0 Å². The predicted molar refractivity (Wildman–Crippen MR) is 74.4 cm³/mol. The van der Waals surface area contributed by atoms with Crippen LogP contribution in [0.15, 0.2) is 24.3 Å². The van der Waals surface area contributed by atoms with E-state index in [4.69, 9.17) is 0 Å². The van der Waals surface area contributed by atoms with E-state index in [1.54, 1.807) is 6.07 Å². The average molecular weight is 367 g/mol. The van der Waals surface area contributed by atoms with Crippen molar-refractivity contribution in [2.24, 2.45) is 0 Å². The summed E-state index contributed by atoms with van der Waals surface area (Å²) < 4.78 is 38.6. The van der Waals surface area contributed by atoms with Crippen LogP contribution in [0.4, 0.5) is 13.2 Å². The van der Waals surface area contributed by atoms with E-state index in [0.717, 1.165) is 31.4 Å². The molecule has 1 aliphatic carbocycles. The van der Waals surface area contributed by atoms with Crippen LogP contribution < -0.4 is 4.46 Å². The first-order chi connectivity index (χ1) is 9.83. The van der Waals surface area contributed by atoms with Gasteiger partial charge in [-0.3, -0.25) is 0 Å². The van der Waals surface area contributed by atoms with Gasteiger partial charge in [-0.2, -0.15) is 0 Å². The number of hydrogen-bond acceptors (Lipinski definition) is 3. The van der Waals surface area contributed by atoms with Crippen LogP contribution in [-0.2, 0) is 6.18 Å². The van der Waals surface area contributed by atoms with E-state index in [0.29, 0.717) is 22.6 Å². The molecule has 0 bridgehead atoms. The Hall–Kier alpha value is -0.591. The van der Waals surface area contributed by atoms with Crippen LogP contribution in [0.25, 0.3) is 0 Å². The summed E-state index contributed by atoms with van der Waals surface area (Å²) in [6, 6.07) is 5.23. The van der Waals surface area contributed by atoms with Gasteiger partial charge in [-0.15, -0.1) is 0 Å². The summed E-state index contributed by atoms with van der Waals surface area (Å²) in [5.74, 6) is 0. The minimum absolute atomic E-state index is 0.0432. The van der Waals surface area contributed by atoms with E-state index in [2.05, 4.69) is 0 Å². The molecular weight excluding hydrogens is 350 g/mol. The van der Waals surface area contributed by atoms with Crippen LogP contribution >= 0.6 is 0 Å². The topological polar surface area (TPSA) is 46.5 Å². The molecule has 0 aromatic heterocycles. The van der Waals surface area contributed by atoms with Crippen molar-refractivity contribution in [3.8, 4) is 0 Å². The molecule has 3 nitrogen and oxygen atoms in total. The molecule has 0 spiro atoms. The van der Waals surface area contributed by atoms with Crippen molar-refractivity contribution in [2.75, 3.05) is 0 Å². The van der Waals surface area contributed by atoms with Gasteiger partial charge in [0.2, 0.25) is 0 Å². The van der Waals surface area contributed by atoms with Crippen LogP contribution in [0.1, 0.15) is 37.7 Å². The Kier molecular flexibility index (Phi) is 5.33. The Labute approximate surface area is 127 Å². The quantitative estimate of drug-likeness (QED) is 0.656. The molecule has 1 aromatic rings. The van der Waals surface area contributed by atoms with Gasteiger partial charge in [0.05, 0.1) is 0 Å². The van der Waals surface area contributed by atoms with Crippen LogP contribution in [0.5, 0.6) is 0 Å². The second-order valence-electron chi connectivity index (χ2n) is 5.37. The van der Waals surface area contributed by atoms with Crippen LogP contribution in [0.2, 0.25) is 5.32 Å². The SMILES string of the molecule is [O-]N(O)C1(C[Se]c2cccc(C(F)(F)F)c2)CCCCC1. The summed E-state index contributed by atoms with van der Waals surface area (Å²) >= 11 is -0.274. The molecule has 1 fully saturated rings. The molecule has 0 amide bonds. The molecule has 1 saturated carbocycles. The molecule has 118 valence electrons. The van der Waals surface area contributed by atoms with E-state index < -0.39 is 17.3 Å². The summed E-state index contributed by atoms with van der Waals surface area (Å²) in [7, 11) is 0. The number of rotatable bonds is 4.